The molecule has 2 saturated heterocycles. The maximum Gasteiger partial charge on any atom is 0.319 e. The number of carbonyl (C=O) groups is 3. The predicted octanol–water partition coefficient (Wildman–Crippen LogP) is -0.225. The van der Waals surface area contributed by atoms with Crippen molar-refractivity contribution in [3.05, 3.63) is 0 Å². The van der Waals surface area contributed by atoms with E-state index >= 15 is 0 Å². The van der Waals surface area contributed by atoms with Crippen LogP contribution in [-0.4, -0.2) is 67.4 Å². The Morgan fingerprint density at radius 3 is 2.43 bits per heavy atom. The minimum Gasteiger partial charge on any atom is -0.354 e. The van der Waals surface area contributed by atoms with Crippen LogP contribution in [0, 0.1) is 5.92 Å². The van der Waals surface area contributed by atoms with E-state index in [4.69, 9.17) is 0 Å². The molecule has 2 rings (SSSR count). The largest absolute Gasteiger partial charge is 0.354 e. The Kier molecular flexibility index (Phi) is 5.03. The smallest absolute Gasteiger partial charge is 0.319 e. The number of carbonyl (C=O) groups excluding carboxylic acids is 3. The lowest BCUT2D eigenvalue weighted by molar-refractivity contribution is -0.129. The molecule has 0 aromatic heterocycles. The van der Waals surface area contributed by atoms with E-state index in [0.29, 0.717) is 45.3 Å². The summed E-state index contributed by atoms with van der Waals surface area (Å²) in [6.07, 6.45) is 2.57. The van der Waals surface area contributed by atoms with Gasteiger partial charge >= 0.3 is 6.03 Å². The number of nitrogens with one attached hydrogen (secondary N) is 2. The molecule has 0 saturated carbocycles. The first-order valence-electron chi connectivity index (χ1n) is 7.50. The highest BCUT2D eigenvalue weighted by atomic mass is 16.2. The van der Waals surface area contributed by atoms with Crippen LogP contribution in [0.2, 0.25) is 0 Å². The summed E-state index contributed by atoms with van der Waals surface area (Å²) in [6, 6.07) is 0.0421. The van der Waals surface area contributed by atoms with Gasteiger partial charge in [0, 0.05) is 52.1 Å². The van der Waals surface area contributed by atoms with Crippen LogP contribution < -0.4 is 10.6 Å². The molecule has 1 unspecified atom stereocenters. The van der Waals surface area contributed by atoms with Crippen molar-refractivity contribution in [1.29, 1.82) is 0 Å². The van der Waals surface area contributed by atoms with E-state index in [1.54, 1.807) is 23.9 Å². The summed E-state index contributed by atoms with van der Waals surface area (Å²) in [7, 11) is 3.47. The lowest BCUT2D eigenvalue weighted by atomic mass is 9.95. The number of likely N-dealkylation sites (tertiary alicyclic amines) is 1. The molecule has 21 heavy (non-hydrogen) atoms. The molecule has 2 N–H and O–H groups in total. The van der Waals surface area contributed by atoms with E-state index in [1.165, 1.54) is 0 Å². The van der Waals surface area contributed by atoms with Gasteiger partial charge in [-0.15, -0.1) is 0 Å². The van der Waals surface area contributed by atoms with E-state index in [9.17, 15) is 14.4 Å². The topological polar surface area (TPSA) is 81.8 Å². The van der Waals surface area contributed by atoms with Crippen LogP contribution >= 0.6 is 0 Å². The van der Waals surface area contributed by atoms with Crippen molar-refractivity contribution in [1.82, 2.24) is 20.4 Å². The summed E-state index contributed by atoms with van der Waals surface area (Å²) in [5.74, 6) is 0.0675. The van der Waals surface area contributed by atoms with Crippen molar-refractivity contribution < 1.29 is 14.4 Å². The van der Waals surface area contributed by atoms with E-state index in [-0.39, 0.29) is 29.8 Å². The van der Waals surface area contributed by atoms with Gasteiger partial charge in [-0.2, -0.15) is 0 Å². The molecule has 0 aliphatic carbocycles. The number of amides is 4. The fraction of sp³-hybridized carbons (Fsp3) is 0.786. The molecule has 1 atom stereocenters. The van der Waals surface area contributed by atoms with E-state index in [1.807, 2.05) is 0 Å². The highest BCUT2D eigenvalue weighted by Gasteiger charge is 2.29. The fourth-order valence-electron chi connectivity index (χ4n) is 2.79. The summed E-state index contributed by atoms with van der Waals surface area (Å²) in [5.41, 5.74) is 0. The molecule has 2 heterocycles. The molecule has 118 valence electrons. The Morgan fingerprint density at radius 2 is 1.90 bits per heavy atom. The van der Waals surface area contributed by atoms with Crippen LogP contribution in [0.4, 0.5) is 4.79 Å². The van der Waals surface area contributed by atoms with Crippen LogP contribution in [0.5, 0.6) is 0 Å². The third-order valence-electron chi connectivity index (χ3n) is 4.13. The fourth-order valence-corrected chi connectivity index (χ4v) is 2.79. The molecule has 4 amide bonds. The van der Waals surface area contributed by atoms with Crippen molar-refractivity contribution in [2.24, 2.45) is 5.92 Å². The van der Waals surface area contributed by atoms with Gasteiger partial charge in [-0.1, -0.05) is 0 Å². The number of piperidine rings is 2. The first kappa shape index (κ1) is 15.6. The maximum atomic E-state index is 12.2. The summed E-state index contributed by atoms with van der Waals surface area (Å²) >= 11 is 0. The summed E-state index contributed by atoms with van der Waals surface area (Å²) in [4.78, 5) is 38.5. The first-order valence-corrected chi connectivity index (χ1v) is 7.50. The van der Waals surface area contributed by atoms with E-state index in [2.05, 4.69) is 10.6 Å². The number of hydrogen-bond acceptors (Lipinski definition) is 3. The Morgan fingerprint density at radius 1 is 1.24 bits per heavy atom. The number of urea groups is 1. The van der Waals surface area contributed by atoms with Gasteiger partial charge in [-0.3, -0.25) is 9.59 Å². The number of nitrogens with zero attached hydrogens (tertiary/aromatic N) is 2. The molecule has 2 fully saturated rings. The lowest BCUT2D eigenvalue weighted by Crippen LogP contribution is -2.51. The molecule has 2 aliphatic rings. The zero-order chi connectivity index (χ0) is 15.4. The average molecular weight is 296 g/mol. The predicted molar refractivity (Wildman–Crippen MR) is 77.6 cm³/mol. The SMILES string of the molecule is CN(C)C(=O)N1CCC(C(=O)NC2CCC(=O)NC2)CC1. The van der Waals surface area contributed by atoms with Crippen LogP contribution in [0.15, 0.2) is 0 Å². The van der Waals surface area contributed by atoms with Gasteiger partial charge in [0.25, 0.3) is 0 Å². The molecular formula is C14H24N4O3. The molecule has 7 nitrogen and oxygen atoms in total. The molecule has 0 spiro atoms. The minimum absolute atomic E-state index is 0.00357. The van der Waals surface area contributed by atoms with Crippen LogP contribution in [0.25, 0.3) is 0 Å². The first-order chi connectivity index (χ1) is 9.97. The van der Waals surface area contributed by atoms with Gasteiger partial charge in [0.1, 0.15) is 0 Å². The van der Waals surface area contributed by atoms with E-state index < -0.39 is 0 Å². The van der Waals surface area contributed by atoms with Gasteiger partial charge in [-0.05, 0) is 19.3 Å². The standard InChI is InChI=1S/C14H24N4O3/c1-17(2)14(21)18-7-5-10(6-8-18)13(20)16-11-3-4-12(19)15-9-11/h10-11H,3-9H2,1-2H3,(H,15,19)(H,16,20). The van der Waals surface area contributed by atoms with Crippen molar-refractivity contribution in [2.75, 3.05) is 33.7 Å². The highest BCUT2D eigenvalue weighted by molar-refractivity contribution is 5.81. The second kappa shape index (κ2) is 6.78. The third-order valence-corrected chi connectivity index (χ3v) is 4.13. The van der Waals surface area contributed by atoms with Gasteiger partial charge in [0.05, 0.1) is 0 Å². The number of hydrogen-bond donors (Lipinski definition) is 2. The minimum atomic E-state index is -0.0335. The molecule has 0 bridgehead atoms. The summed E-state index contributed by atoms with van der Waals surface area (Å²) in [6.45, 7) is 1.76. The van der Waals surface area contributed by atoms with E-state index in [0.717, 1.165) is 0 Å². The van der Waals surface area contributed by atoms with Crippen LogP contribution in [-0.2, 0) is 9.59 Å². The third kappa shape index (κ3) is 4.09. The maximum absolute atomic E-state index is 12.2. The van der Waals surface area contributed by atoms with Crippen molar-refractivity contribution in [3.8, 4) is 0 Å². The Bertz CT molecular complexity index is 406. The van der Waals surface area contributed by atoms with Crippen molar-refractivity contribution in [3.63, 3.8) is 0 Å². The van der Waals surface area contributed by atoms with Crippen molar-refractivity contribution >= 4 is 17.8 Å². The van der Waals surface area contributed by atoms with Crippen molar-refractivity contribution in [2.45, 2.75) is 31.7 Å². The monoisotopic (exact) mass is 296 g/mol. The molecule has 0 aromatic rings. The van der Waals surface area contributed by atoms with Gasteiger partial charge in [0.2, 0.25) is 11.8 Å². The molecule has 7 heteroatoms. The second-order valence-corrected chi connectivity index (χ2v) is 5.99. The average Bonchev–Trinajstić information content (AvgIpc) is 2.49. The quantitative estimate of drug-likeness (QED) is 0.739. The Labute approximate surface area is 125 Å². The Balaban J connectivity index is 1.75. The highest BCUT2D eigenvalue weighted by Crippen LogP contribution is 2.18. The van der Waals surface area contributed by atoms with Crippen LogP contribution in [0.3, 0.4) is 0 Å². The zero-order valence-electron chi connectivity index (χ0n) is 12.7. The number of rotatable bonds is 2. The van der Waals surface area contributed by atoms with Gasteiger partial charge in [0.15, 0.2) is 0 Å². The molecule has 2 aliphatic heterocycles. The zero-order valence-corrected chi connectivity index (χ0v) is 12.7. The van der Waals surface area contributed by atoms with Gasteiger partial charge < -0.3 is 20.4 Å². The van der Waals surface area contributed by atoms with Gasteiger partial charge in [-0.25, -0.2) is 4.79 Å². The molecular weight excluding hydrogens is 272 g/mol. The lowest BCUT2D eigenvalue weighted by Gasteiger charge is -2.34. The Hall–Kier alpha value is -1.79. The normalized spacial score (nSPS) is 23.4. The second-order valence-electron chi connectivity index (χ2n) is 5.99. The molecule has 0 aromatic carbocycles. The summed E-state index contributed by atoms with van der Waals surface area (Å²) in [5, 5.41) is 5.77. The summed E-state index contributed by atoms with van der Waals surface area (Å²) < 4.78 is 0. The van der Waals surface area contributed by atoms with Crippen LogP contribution in [0.1, 0.15) is 25.7 Å². The molecule has 0 radical (unpaired) electrons.